The number of aromatic nitrogens is 2. The second-order valence-electron chi connectivity index (χ2n) is 9.75. The monoisotopic (exact) mass is 514 g/mol. The van der Waals surface area contributed by atoms with E-state index in [1.54, 1.807) is 4.68 Å². The summed E-state index contributed by atoms with van der Waals surface area (Å²) < 4.78 is 1.66. The summed E-state index contributed by atoms with van der Waals surface area (Å²) in [6.07, 6.45) is 3.35. The van der Waals surface area contributed by atoms with Crippen LogP contribution in [0.3, 0.4) is 0 Å². The van der Waals surface area contributed by atoms with E-state index in [1.165, 1.54) is 0 Å². The van der Waals surface area contributed by atoms with Crippen molar-refractivity contribution >= 4 is 28.3 Å². The Kier molecular flexibility index (Phi) is 7.68. The number of carbonyl (C=O) groups is 1. The van der Waals surface area contributed by atoms with Crippen molar-refractivity contribution in [1.29, 1.82) is 0 Å². The molecular weight excluding hydrogens is 484 g/mol. The predicted octanol–water partition coefficient (Wildman–Crippen LogP) is 4.76. The first-order valence-electron chi connectivity index (χ1n) is 12.8. The average molecular weight is 515 g/mol. The molecule has 0 aliphatic carbocycles. The van der Waals surface area contributed by atoms with Crippen molar-refractivity contribution in [1.82, 2.24) is 14.7 Å². The summed E-state index contributed by atoms with van der Waals surface area (Å²) >= 11 is 6.07. The minimum Gasteiger partial charge on any atom is -0.341 e. The van der Waals surface area contributed by atoms with Gasteiger partial charge in [-0.15, -0.1) is 0 Å². The normalized spacial score (nSPS) is 16.9. The third-order valence-corrected chi connectivity index (χ3v) is 7.41. The molecule has 190 valence electrons. The third kappa shape index (κ3) is 5.76. The Hall–Kier alpha value is -3.48. The number of hydrogen-bond acceptors (Lipinski definition) is 4. The zero-order chi connectivity index (χ0) is 25.8. The summed E-state index contributed by atoms with van der Waals surface area (Å²) in [7, 11) is 0. The Morgan fingerprint density at radius 2 is 1.62 bits per heavy atom. The molecule has 1 aliphatic rings. The largest absolute Gasteiger partial charge is 0.341 e. The Balaban J connectivity index is 1.36. The van der Waals surface area contributed by atoms with Crippen LogP contribution in [0.4, 0.5) is 0 Å². The molecule has 37 heavy (non-hydrogen) atoms. The van der Waals surface area contributed by atoms with Gasteiger partial charge in [0.05, 0.1) is 23.2 Å². The summed E-state index contributed by atoms with van der Waals surface area (Å²) in [5, 5.41) is 7.12. The molecule has 4 aromatic rings. The fourth-order valence-corrected chi connectivity index (χ4v) is 5.31. The van der Waals surface area contributed by atoms with Gasteiger partial charge in [0.15, 0.2) is 0 Å². The van der Waals surface area contributed by atoms with E-state index >= 15 is 0 Å². The Morgan fingerprint density at radius 1 is 0.919 bits per heavy atom. The highest BCUT2D eigenvalue weighted by Crippen LogP contribution is 2.24. The van der Waals surface area contributed by atoms with Gasteiger partial charge in [-0.1, -0.05) is 72.3 Å². The van der Waals surface area contributed by atoms with Gasteiger partial charge in [0.25, 0.3) is 5.56 Å². The zero-order valence-electron chi connectivity index (χ0n) is 20.7. The lowest BCUT2D eigenvalue weighted by Gasteiger charge is -2.24. The van der Waals surface area contributed by atoms with Gasteiger partial charge < -0.3 is 10.6 Å². The minimum absolute atomic E-state index is 0.0354. The van der Waals surface area contributed by atoms with Crippen molar-refractivity contribution in [3.05, 3.63) is 111 Å². The second-order valence-corrected chi connectivity index (χ2v) is 10.2. The molecule has 6 nitrogen and oxygen atoms in total. The van der Waals surface area contributed by atoms with E-state index in [0.717, 1.165) is 35.0 Å². The molecule has 1 aliphatic heterocycles. The van der Waals surface area contributed by atoms with Crippen LogP contribution in [0.5, 0.6) is 0 Å². The molecule has 5 rings (SSSR count). The standard InChI is InChI=1S/C30H31ClN4O2/c31-23-14-12-22(13-15-23)20-28-25-10-4-5-11-26(25)29(36)35(33-28)24-9-6-17-34(18-16-24)30(37)27(32)19-21-7-2-1-3-8-21/h1-5,7-8,10-15,24,27H,6,9,16-20,32H2. The molecule has 2 unspecified atom stereocenters. The van der Waals surface area contributed by atoms with E-state index in [9.17, 15) is 9.59 Å². The average Bonchev–Trinajstić information content (AvgIpc) is 3.18. The first kappa shape index (κ1) is 25.2. The summed E-state index contributed by atoms with van der Waals surface area (Å²) in [6.45, 7) is 1.19. The van der Waals surface area contributed by atoms with Crippen LogP contribution in [-0.2, 0) is 17.6 Å². The van der Waals surface area contributed by atoms with Crippen LogP contribution < -0.4 is 11.3 Å². The lowest BCUT2D eigenvalue weighted by Crippen LogP contribution is -2.45. The molecule has 0 spiro atoms. The molecule has 0 saturated carbocycles. The maximum absolute atomic E-state index is 13.5. The summed E-state index contributed by atoms with van der Waals surface area (Å²) in [5.74, 6) is -0.0354. The van der Waals surface area contributed by atoms with Gasteiger partial charge in [-0.3, -0.25) is 9.59 Å². The number of halogens is 1. The maximum atomic E-state index is 13.5. The van der Waals surface area contributed by atoms with E-state index < -0.39 is 6.04 Å². The van der Waals surface area contributed by atoms with Crippen molar-refractivity contribution in [2.45, 2.75) is 44.2 Å². The highest BCUT2D eigenvalue weighted by atomic mass is 35.5. The van der Waals surface area contributed by atoms with Crippen LogP contribution in [0, 0.1) is 0 Å². The number of rotatable bonds is 6. The Morgan fingerprint density at radius 3 is 2.38 bits per heavy atom. The topological polar surface area (TPSA) is 81.2 Å². The molecule has 1 aromatic heterocycles. The fourth-order valence-electron chi connectivity index (χ4n) is 5.18. The number of likely N-dealkylation sites (tertiary alicyclic amines) is 1. The number of amides is 1. The summed E-state index contributed by atoms with van der Waals surface area (Å²) in [6, 6.07) is 24.6. The number of carbonyl (C=O) groups excluding carboxylic acids is 1. The summed E-state index contributed by atoms with van der Waals surface area (Å²) in [4.78, 5) is 28.5. The lowest BCUT2D eigenvalue weighted by molar-refractivity contribution is -0.132. The molecule has 1 fully saturated rings. The van der Waals surface area contributed by atoms with Gasteiger partial charge in [-0.25, -0.2) is 4.68 Å². The van der Waals surface area contributed by atoms with Crippen molar-refractivity contribution in [3.63, 3.8) is 0 Å². The molecule has 2 N–H and O–H groups in total. The minimum atomic E-state index is -0.577. The smallest absolute Gasteiger partial charge is 0.274 e. The number of hydrogen-bond donors (Lipinski definition) is 1. The Bertz CT molecular complexity index is 1440. The van der Waals surface area contributed by atoms with Crippen molar-refractivity contribution in [3.8, 4) is 0 Å². The number of nitrogens with zero attached hydrogens (tertiary/aromatic N) is 3. The first-order chi connectivity index (χ1) is 18.0. The van der Waals surface area contributed by atoms with Crippen molar-refractivity contribution in [2.24, 2.45) is 5.73 Å². The molecule has 0 radical (unpaired) electrons. The highest BCUT2D eigenvalue weighted by Gasteiger charge is 2.27. The number of fused-ring (bicyclic) bond motifs is 1. The molecular formula is C30H31ClN4O2. The fraction of sp³-hybridized carbons (Fsp3) is 0.300. The first-order valence-corrected chi connectivity index (χ1v) is 13.2. The van der Waals surface area contributed by atoms with E-state index in [1.807, 2.05) is 83.8 Å². The quantitative estimate of drug-likeness (QED) is 0.402. The van der Waals surface area contributed by atoms with Crippen molar-refractivity contribution < 1.29 is 4.79 Å². The zero-order valence-corrected chi connectivity index (χ0v) is 21.5. The van der Waals surface area contributed by atoms with E-state index in [2.05, 4.69) is 0 Å². The maximum Gasteiger partial charge on any atom is 0.274 e. The van der Waals surface area contributed by atoms with Gasteiger partial charge in [0.1, 0.15) is 0 Å². The Labute approximate surface area is 221 Å². The summed E-state index contributed by atoms with van der Waals surface area (Å²) in [5.41, 5.74) is 9.21. The molecule has 0 bridgehead atoms. The van der Waals surface area contributed by atoms with Gasteiger partial charge in [0, 0.05) is 29.9 Å². The number of benzene rings is 3. The van der Waals surface area contributed by atoms with Crippen LogP contribution >= 0.6 is 11.6 Å². The van der Waals surface area contributed by atoms with Gasteiger partial charge in [-0.2, -0.15) is 5.10 Å². The molecule has 7 heteroatoms. The van der Waals surface area contributed by atoms with E-state index in [4.69, 9.17) is 22.4 Å². The molecule has 1 saturated heterocycles. The SMILES string of the molecule is NC(Cc1ccccc1)C(=O)N1CCCC(n2nc(Cc3ccc(Cl)cc3)c3ccccc3c2=O)CC1. The number of nitrogens with two attached hydrogens (primary N) is 1. The van der Waals surface area contributed by atoms with Crippen LogP contribution in [0.2, 0.25) is 5.02 Å². The van der Waals surface area contributed by atoms with Crippen molar-refractivity contribution in [2.75, 3.05) is 13.1 Å². The van der Waals surface area contributed by atoms with Gasteiger partial charge in [0.2, 0.25) is 5.91 Å². The molecule has 1 amide bonds. The molecule has 3 aromatic carbocycles. The second kappa shape index (κ2) is 11.3. The van der Waals surface area contributed by atoms with Gasteiger partial charge in [-0.05, 0) is 55.0 Å². The highest BCUT2D eigenvalue weighted by molar-refractivity contribution is 6.30. The molecule has 2 heterocycles. The third-order valence-electron chi connectivity index (χ3n) is 7.16. The van der Waals surface area contributed by atoms with E-state index in [-0.39, 0.29) is 17.5 Å². The predicted molar refractivity (Wildman–Crippen MR) is 148 cm³/mol. The van der Waals surface area contributed by atoms with Crippen LogP contribution in [0.25, 0.3) is 10.8 Å². The van der Waals surface area contributed by atoms with E-state index in [0.29, 0.717) is 42.8 Å². The van der Waals surface area contributed by atoms with Crippen LogP contribution in [0.1, 0.15) is 42.1 Å². The van der Waals surface area contributed by atoms with Gasteiger partial charge >= 0.3 is 0 Å². The van der Waals surface area contributed by atoms with Crippen LogP contribution in [0.15, 0.2) is 83.7 Å². The molecule has 2 atom stereocenters. The van der Waals surface area contributed by atoms with Crippen LogP contribution in [-0.4, -0.2) is 39.7 Å². The lowest BCUT2D eigenvalue weighted by atomic mass is 10.0.